The lowest BCUT2D eigenvalue weighted by molar-refractivity contribution is 0.296. The molecule has 0 unspecified atom stereocenters. The lowest BCUT2D eigenvalue weighted by atomic mass is 10.2. The van der Waals surface area contributed by atoms with Crippen molar-refractivity contribution in [2.24, 2.45) is 0 Å². The van der Waals surface area contributed by atoms with Gasteiger partial charge in [0.25, 0.3) is 0 Å². The van der Waals surface area contributed by atoms with Crippen molar-refractivity contribution in [3.8, 4) is 0 Å². The maximum atomic E-state index is 13.7. The summed E-state index contributed by atoms with van der Waals surface area (Å²) in [5.74, 6) is -0.532. The summed E-state index contributed by atoms with van der Waals surface area (Å²) in [6.45, 7) is 3.38. The van der Waals surface area contributed by atoms with E-state index in [0.717, 1.165) is 24.7 Å². The molecule has 2 N–H and O–H groups in total. The van der Waals surface area contributed by atoms with Crippen LogP contribution in [0.25, 0.3) is 0 Å². The summed E-state index contributed by atoms with van der Waals surface area (Å²) < 4.78 is 27.4. The summed E-state index contributed by atoms with van der Waals surface area (Å²) in [5, 5.41) is 11.7. The van der Waals surface area contributed by atoms with E-state index in [1.54, 1.807) is 0 Å². The molecule has 0 bridgehead atoms. The molecule has 0 saturated heterocycles. The molecular formula is C13H19F2NOS. The Balaban J connectivity index is 2.65. The molecule has 0 aliphatic heterocycles. The maximum Gasteiger partial charge on any atom is 0.140 e. The molecule has 1 aromatic rings. The van der Waals surface area contributed by atoms with Gasteiger partial charge in [-0.1, -0.05) is 6.92 Å². The molecule has 0 fully saturated rings. The fourth-order valence-electron chi connectivity index (χ4n) is 1.50. The number of hydrogen-bond acceptors (Lipinski definition) is 3. The third-order valence-corrected chi connectivity index (χ3v) is 3.53. The molecule has 0 saturated carbocycles. The summed E-state index contributed by atoms with van der Waals surface area (Å²) in [6, 6.07) is 2.74. The van der Waals surface area contributed by atoms with E-state index in [0.29, 0.717) is 24.3 Å². The summed E-state index contributed by atoms with van der Waals surface area (Å²) in [5.41, 5.74) is 0.616. The zero-order valence-corrected chi connectivity index (χ0v) is 11.3. The first-order valence-corrected chi connectivity index (χ1v) is 7.10. The first-order chi connectivity index (χ1) is 8.69. The molecule has 102 valence electrons. The Morgan fingerprint density at radius 3 is 2.50 bits per heavy atom. The van der Waals surface area contributed by atoms with Crippen LogP contribution >= 0.6 is 11.8 Å². The van der Waals surface area contributed by atoms with E-state index in [1.165, 1.54) is 12.1 Å². The summed E-state index contributed by atoms with van der Waals surface area (Å²) in [4.78, 5) is 0.0442. The topological polar surface area (TPSA) is 32.3 Å². The van der Waals surface area contributed by atoms with Gasteiger partial charge in [-0.3, -0.25) is 0 Å². The second kappa shape index (κ2) is 8.45. The van der Waals surface area contributed by atoms with E-state index in [1.807, 2.05) is 6.92 Å². The molecule has 0 atom stereocenters. The number of benzene rings is 1. The second-order valence-electron chi connectivity index (χ2n) is 3.99. The minimum Gasteiger partial charge on any atom is -0.396 e. The van der Waals surface area contributed by atoms with E-state index >= 15 is 0 Å². The Hall–Kier alpha value is -0.650. The molecule has 0 aliphatic rings. The first kappa shape index (κ1) is 15.4. The van der Waals surface area contributed by atoms with E-state index < -0.39 is 11.6 Å². The summed E-state index contributed by atoms with van der Waals surface area (Å²) >= 11 is 1.10. The lowest BCUT2D eigenvalue weighted by Gasteiger charge is -2.08. The molecule has 1 aromatic carbocycles. The number of aliphatic hydroxyl groups is 1. The highest BCUT2D eigenvalue weighted by Crippen LogP contribution is 2.26. The molecule has 0 aliphatic carbocycles. The highest BCUT2D eigenvalue weighted by Gasteiger charge is 2.11. The van der Waals surface area contributed by atoms with Gasteiger partial charge < -0.3 is 10.4 Å². The highest BCUT2D eigenvalue weighted by atomic mass is 32.2. The number of thioether (sulfide) groups is 1. The normalized spacial score (nSPS) is 10.9. The standard InChI is InChI=1S/C13H19F2NOS/c1-2-4-16-9-10-7-11(14)13(12(15)8-10)18-6-3-5-17/h7-8,16-17H,2-6,9H2,1H3. The average Bonchev–Trinajstić information content (AvgIpc) is 2.33. The molecule has 0 radical (unpaired) electrons. The fraction of sp³-hybridized carbons (Fsp3) is 0.538. The van der Waals surface area contributed by atoms with E-state index in [2.05, 4.69) is 5.32 Å². The summed E-state index contributed by atoms with van der Waals surface area (Å²) in [6.07, 6.45) is 1.52. The molecule has 18 heavy (non-hydrogen) atoms. The van der Waals surface area contributed by atoms with Crippen molar-refractivity contribution in [2.75, 3.05) is 18.9 Å². The molecule has 0 heterocycles. The average molecular weight is 275 g/mol. The van der Waals surface area contributed by atoms with Crippen LogP contribution in [0.2, 0.25) is 0 Å². The van der Waals surface area contributed by atoms with Crippen molar-refractivity contribution in [3.63, 3.8) is 0 Å². The van der Waals surface area contributed by atoms with Crippen LogP contribution in [0.4, 0.5) is 8.78 Å². The molecular weight excluding hydrogens is 256 g/mol. The number of aliphatic hydroxyl groups excluding tert-OH is 1. The van der Waals surface area contributed by atoms with Gasteiger partial charge in [0.1, 0.15) is 11.6 Å². The van der Waals surface area contributed by atoms with Gasteiger partial charge in [0.2, 0.25) is 0 Å². The van der Waals surface area contributed by atoms with Gasteiger partial charge in [-0.25, -0.2) is 8.78 Å². The number of halogens is 2. The van der Waals surface area contributed by atoms with Crippen molar-refractivity contribution in [3.05, 3.63) is 29.3 Å². The van der Waals surface area contributed by atoms with Crippen LogP contribution in [0, 0.1) is 11.6 Å². The van der Waals surface area contributed by atoms with Crippen molar-refractivity contribution in [1.82, 2.24) is 5.32 Å². The zero-order chi connectivity index (χ0) is 13.4. The monoisotopic (exact) mass is 275 g/mol. The third kappa shape index (κ3) is 4.92. The third-order valence-electron chi connectivity index (χ3n) is 2.36. The first-order valence-electron chi connectivity index (χ1n) is 6.11. The Kier molecular flexibility index (Phi) is 7.23. The zero-order valence-electron chi connectivity index (χ0n) is 10.5. The van der Waals surface area contributed by atoms with Crippen molar-refractivity contribution in [1.29, 1.82) is 0 Å². The van der Waals surface area contributed by atoms with Crippen LogP contribution in [0.1, 0.15) is 25.3 Å². The van der Waals surface area contributed by atoms with Crippen molar-refractivity contribution < 1.29 is 13.9 Å². The van der Waals surface area contributed by atoms with Crippen LogP contribution in [0.15, 0.2) is 17.0 Å². The minimum absolute atomic E-state index is 0.0370. The minimum atomic E-state index is -0.522. The Bertz CT molecular complexity index is 351. The van der Waals surface area contributed by atoms with E-state index in [4.69, 9.17) is 5.11 Å². The quantitative estimate of drug-likeness (QED) is 0.565. The van der Waals surface area contributed by atoms with Gasteiger partial charge in [0.05, 0.1) is 4.90 Å². The Morgan fingerprint density at radius 1 is 1.28 bits per heavy atom. The van der Waals surface area contributed by atoms with Gasteiger partial charge >= 0.3 is 0 Å². The van der Waals surface area contributed by atoms with Crippen LogP contribution in [0.5, 0.6) is 0 Å². The summed E-state index contributed by atoms with van der Waals surface area (Å²) in [7, 11) is 0. The van der Waals surface area contributed by atoms with E-state index in [9.17, 15) is 8.78 Å². The van der Waals surface area contributed by atoms with Crippen LogP contribution in [-0.4, -0.2) is 24.0 Å². The fourth-order valence-corrected chi connectivity index (χ4v) is 2.37. The molecule has 1 rings (SSSR count). The Labute approximate surface area is 111 Å². The number of nitrogens with one attached hydrogen (secondary N) is 1. The van der Waals surface area contributed by atoms with Gasteiger partial charge in [-0.2, -0.15) is 0 Å². The van der Waals surface area contributed by atoms with Gasteiger partial charge in [0, 0.05) is 18.9 Å². The van der Waals surface area contributed by atoms with Gasteiger partial charge in [0.15, 0.2) is 0 Å². The van der Waals surface area contributed by atoms with Gasteiger partial charge in [-0.05, 0) is 37.1 Å². The van der Waals surface area contributed by atoms with Crippen LogP contribution in [0.3, 0.4) is 0 Å². The molecule has 2 nitrogen and oxygen atoms in total. The smallest absolute Gasteiger partial charge is 0.140 e. The SMILES string of the molecule is CCCNCc1cc(F)c(SCCCO)c(F)c1. The van der Waals surface area contributed by atoms with Crippen LogP contribution < -0.4 is 5.32 Å². The maximum absolute atomic E-state index is 13.7. The van der Waals surface area contributed by atoms with E-state index in [-0.39, 0.29) is 11.5 Å². The lowest BCUT2D eigenvalue weighted by Crippen LogP contribution is -2.14. The van der Waals surface area contributed by atoms with Crippen molar-refractivity contribution in [2.45, 2.75) is 31.2 Å². The second-order valence-corrected chi connectivity index (χ2v) is 5.10. The predicted octanol–water partition coefficient (Wildman–Crippen LogP) is 2.94. The van der Waals surface area contributed by atoms with Crippen molar-refractivity contribution >= 4 is 11.8 Å². The highest BCUT2D eigenvalue weighted by molar-refractivity contribution is 7.99. The predicted molar refractivity (Wildman–Crippen MR) is 70.8 cm³/mol. The number of rotatable bonds is 8. The molecule has 0 spiro atoms. The van der Waals surface area contributed by atoms with Gasteiger partial charge in [-0.15, -0.1) is 11.8 Å². The molecule has 0 aromatic heterocycles. The number of hydrogen-bond donors (Lipinski definition) is 2. The Morgan fingerprint density at radius 2 is 1.94 bits per heavy atom. The molecule has 5 heteroatoms. The molecule has 0 amide bonds. The largest absolute Gasteiger partial charge is 0.396 e. The van der Waals surface area contributed by atoms with Crippen LogP contribution in [-0.2, 0) is 6.54 Å².